The summed E-state index contributed by atoms with van der Waals surface area (Å²) in [5.41, 5.74) is 0.103. The van der Waals surface area contributed by atoms with Crippen molar-refractivity contribution in [1.82, 2.24) is 25.9 Å². The topological polar surface area (TPSA) is 125 Å². The molecule has 138 valence electrons. The molecular formula is C17H21N5O4. The molecular weight excluding hydrogens is 338 g/mol. The molecule has 0 saturated carbocycles. The minimum atomic E-state index is -0.517. The summed E-state index contributed by atoms with van der Waals surface area (Å²) in [5.74, 6) is -0.462. The average Bonchev–Trinajstić information content (AvgIpc) is 3.16. The monoisotopic (exact) mass is 359 g/mol. The number of aromatic amines is 1. The van der Waals surface area contributed by atoms with Crippen molar-refractivity contribution in [3.8, 4) is 5.75 Å². The molecule has 9 heteroatoms. The Morgan fingerprint density at radius 3 is 2.62 bits per heavy atom. The van der Waals surface area contributed by atoms with E-state index in [1.165, 1.54) is 13.2 Å². The van der Waals surface area contributed by atoms with Gasteiger partial charge in [0.05, 0.1) is 19.3 Å². The van der Waals surface area contributed by atoms with Gasteiger partial charge < -0.3 is 25.7 Å². The predicted molar refractivity (Wildman–Crippen MR) is 93.9 cm³/mol. The number of H-pyrrole nitrogens is 1. The lowest BCUT2D eigenvalue weighted by Crippen LogP contribution is -2.35. The van der Waals surface area contributed by atoms with Crippen LogP contribution in [0.15, 0.2) is 36.5 Å². The Morgan fingerprint density at radius 1 is 1.12 bits per heavy atom. The molecule has 0 aliphatic carbocycles. The van der Waals surface area contributed by atoms with Gasteiger partial charge in [-0.2, -0.15) is 0 Å². The number of likely N-dealkylation sites (N-methyl/N-ethyl adjacent to an activating group) is 1. The van der Waals surface area contributed by atoms with Crippen molar-refractivity contribution in [2.45, 2.75) is 6.42 Å². The van der Waals surface area contributed by atoms with Crippen LogP contribution in [0.2, 0.25) is 0 Å². The molecule has 1 heterocycles. The molecule has 1 aromatic carbocycles. The predicted octanol–water partition coefficient (Wildman–Crippen LogP) is 0.0844. The van der Waals surface area contributed by atoms with Crippen LogP contribution in [-0.4, -0.2) is 54.4 Å². The molecule has 0 aliphatic rings. The van der Waals surface area contributed by atoms with E-state index in [1.807, 2.05) is 30.3 Å². The normalized spacial score (nSPS) is 10.0. The molecule has 0 radical (unpaired) electrons. The molecule has 4 N–H and O–H groups in total. The van der Waals surface area contributed by atoms with E-state index in [-0.39, 0.29) is 24.0 Å². The highest BCUT2D eigenvalue weighted by Gasteiger charge is 2.14. The number of nitrogens with zero attached hydrogens (tertiary/aromatic N) is 1. The van der Waals surface area contributed by atoms with E-state index in [0.29, 0.717) is 19.6 Å². The van der Waals surface area contributed by atoms with Crippen LogP contribution < -0.4 is 20.7 Å². The zero-order valence-corrected chi connectivity index (χ0v) is 14.4. The number of nitrogens with one attached hydrogen (secondary N) is 4. The lowest BCUT2D eigenvalue weighted by Gasteiger charge is -2.06. The summed E-state index contributed by atoms with van der Waals surface area (Å²) >= 11 is 0. The highest BCUT2D eigenvalue weighted by atomic mass is 16.5. The third kappa shape index (κ3) is 5.93. The van der Waals surface area contributed by atoms with Gasteiger partial charge in [0.1, 0.15) is 11.4 Å². The summed E-state index contributed by atoms with van der Waals surface area (Å²) in [5, 5.41) is 7.48. The third-order valence-corrected chi connectivity index (χ3v) is 3.34. The maximum atomic E-state index is 12.0. The van der Waals surface area contributed by atoms with Crippen LogP contribution in [0.3, 0.4) is 0 Å². The zero-order chi connectivity index (χ0) is 18.8. The molecule has 2 aromatic rings. The number of rotatable bonds is 9. The van der Waals surface area contributed by atoms with Crippen LogP contribution in [0.4, 0.5) is 0 Å². The van der Waals surface area contributed by atoms with E-state index >= 15 is 0 Å². The minimum Gasteiger partial charge on any atom is -0.494 e. The van der Waals surface area contributed by atoms with Crippen molar-refractivity contribution in [1.29, 1.82) is 0 Å². The second-order valence-corrected chi connectivity index (χ2v) is 5.27. The highest BCUT2D eigenvalue weighted by Crippen LogP contribution is 2.08. The van der Waals surface area contributed by atoms with Crippen LogP contribution in [0.1, 0.15) is 27.5 Å². The molecule has 26 heavy (non-hydrogen) atoms. The van der Waals surface area contributed by atoms with Crippen LogP contribution in [0.5, 0.6) is 5.75 Å². The lowest BCUT2D eigenvalue weighted by atomic mass is 10.3. The van der Waals surface area contributed by atoms with Crippen LogP contribution in [-0.2, 0) is 4.79 Å². The standard InChI is InChI=1S/C17H21N5O4/c1-18-14(23)11-21-16(24)13-10-20-15(22-13)17(25)19-8-5-9-26-12-6-3-2-4-7-12/h2-4,6-7,10H,5,8-9,11H2,1H3,(H,18,23)(H,19,25)(H,20,22)(H,21,24). The number of aromatic nitrogens is 2. The van der Waals surface area contributed by atoms with Crippen molar-refractivity contribution in [2.75, 3.05) is 26.7 Å². The molecule has 0 bridgehead atoms. The Morgan fingerprint density at radius 2 is 1.88 bits per heavy atom. The van der Waals surface area contributed by atoms with Gasteiger partial charge in [-0.1, -0.05) is 18.2 Å². The second kappa shape index (κ2) is 9.82. The molecule has 9 nitrogen and oxygen atoms in total. The van der Waals surface area contributed by atoms with Gasteiger partial charge in [-0.15, -0.1) is 0 Å². The summed E-state index contributed by atoms with van der Waals surface area (Å²) in [6.07, 6.45) is 1.87. The summed E-state index contributed by atoms with van der Waals surface area (Å²) < 4.78 is 5.52. The molecule has 0 atom stereocenters. The number of hydrogen-bond acceptors (Lipinski definition) is 5. The van der Waals surface area contributed by atoms with E-state index in [0.717, 1.165) is 5.75 Å². The van der Waals surface area contributed by atoms with Gasteiger partial charge >= 0.3 is 0 Å². The summed E-state index contributed by atoms with van der Waals surface area (Å²) in [4.78, 5) is 41.4. The molecule has 0 aliphatic heterocycles. The average molecular weight is 359 g/mol. The Balaban J connectivity index is 1.70. The Labute approximate surface area is 150 Å². The maximum absolute atomic E-state index is 12.0. The lowest BCUT2D eigenvalue weighted by molar-refractivity contribution is -0.119. The van der Waals surface area contributed by atoms with E-state index in [1.54, 1.807) is 0 Å². The molecule has 3 amide bonds. The fourth-order valence-corrected chi connectivity index (χ4v) is 1.96. The maximum Gasteiger partial charge on any atom is 0.287 e. The second-order valence-electron chi connectivity index (χ2n) is 5.27. The highest BCUT2D eigenvalue weighted by molar-refractivity contribution is 5.97. The molecule has 0 unspecified atom stereocenters. The van der Waals surface area contributed by atoms with Gasteiger partial charge in [-0.25, -0.2) is 4.98 Å². The third-order valence-electron chi connectivity index (χ3n) is 3.34. The number of para-hydroxylation sites is 1. The number of amides is 3. The van der Waals surface area contributed by atoms with Gasteiger partial charge in [0.15, 0.2) is 5.82 Å². The SMILES string of the molecule is CNC(=O)CNC(=O)c1cnc(C(=O)NCCCOc2ccccc2)[nH]1. The molecule has 1 aromatic heterocycles. The van der Waals surface area contributed by atoms with Gasteiger partial charge in [0, 0.05) is 13.6 Å². The zero-order valence-electron chi connectivity index (χ0n) is 14.4. The van der Waals surface area contributed by atoms with Crippen LogP contribution in [0, 0.1) is 0 Å². The van der Waals surface area contributed by atoms with Crippen molar-refractivity contribution >= 4 is 17.7 Å². The number of imidazole rings is 1. The number of ether oxygens (including phenoxy) is 1. The smallest absolute Gasteiger partial charge is 0.287 e. The first kappa shape index (κ1) is 19.0. The first-order valence-corrected chi connectivity index (χ1v) is 8.10. The fraction of sp³-hybridized carbons (Fsp3) is 0.294. The summed E-state index contributed by atoms with van der Waals surface area (Å²) in [6.45, 7) is 0.720. The van der Waals surface area contributed by atoms with Crippen molar-refractivity contribution in [3.05, 3.63) is 48.0 Å². The van der Waals surface area contributed by atoms with Crippen LogP contribution >= 0.6 is 0 Å². The first-order valence-electron chi connectivity index (χ1n) is 8.10. The van der Waals surface area contributed by atoms with E-state index in [4.69, 9.17) is 4.74 Å². The molecule has 2 rings (SSSR count). The number of carbonyl (C=O) groups excluding carboxylic acids is 3. The minimum absolute atomic E-state index is 0.0269. The Hall–Kier alpha value is -3.36. The van der Waals surface area contributed by atoms with Crippen LogP contribution in [0.25, 0.3) is 0 Å². The van der Waals surface area contributed by atoms with Gasteiger partial charge in [-0.05, 0) is 18.6 Å². The van der Waals surface area contributed by atoms with Crippen molar-refractivity contribution in [2.24, 2.45) is 0 Å². The van der Waals surface area contributed by atoms with E-state index in [9.17, 15) is 14.4 Å². The van der Waals surface area contributed by atoms with E-state index < -0.39 is 11.8 Å². The van der Waals surface area contributed by atoms with E-state index in [2.05, 4.69) is 25.9 Å². The quantitative estimate of drug-likeness (QED) is 0.472. The Kier molecular flexibility index (Phi) is 7.17. The summed E-state index contributed by atoms with van der Waals surface area (Å²) in [6, 6.07) is 9.40. The first-order chi connectivity index (χ1) is 12.6. The molecule has 0 saturated heterocycles. The van der Waals surface area contributed by atoms with Gasteiger partial charge in [-0.3, -0.25) is 14.4 Å². The fourth-order valence-electron chi connectivity index (χ4n) is 1.96. The van der Waals surface area contributed by atoms with Gasteiger partial charge in [0.25, 0.3) is 11.8 Å². The number of benzene rings is 1. The van der Waals surface area contributed by atoms with Gasteiger partial charge in [0.2, 0.25) is 5.91 Å². The summed E-state index contributed by atoms with van der Waals surface area (Å²) in [7, 11) is 1.47. The number of carbonyl (C=O) groups is 3. The molecule has 0 spiro atoms. The number of hydrogen-bond donors (Lipinski definition) is 4. The molecule has 0 fully saturated rings. The van der Waals surface area contributed by atoms with Crippen molar-refractivity contribution < 1.29 is 19.1 Å². The van der Waals surface area contributed by atoms with Crippen molar-refractivity contribution in [3.63, 3.8) is 0 Å². The largest absolute Gasteiger partial charge is 0.494 e. The Bertz CT molecular complexity index is 745.